The van der Waals surface area contributed by atoms with Crippen LogP contribution in [0.15, 0.2) is 60.7 Å². The molecule has 3 rings (SSSR count). The van der Waals surface area contributed by atoms with Crippen molar-refractivity contribution in [1.29, 1.82) is 0 Å². The summed E-state index contributed by atoms with van der Waals surface area (Å²) in [4.78, 5) is 17.3. The van der Waals surface area contributed by atoms with Gasteiger partial charge in [-0.2, -0.15) is 0 Å². The standard InChI is InChI=1S/C22H28N2O2/c1-23(15-10-18-26-20-13-6-3-7-14-20)22(25)21(24-16-8-9-17-24)19-11-4-2-5-12-19/h2-7,11-14,21H,8-10,15-18H2,1H3. The van der Waals surface area contributed by atoms with Crippen molar-refractivity contribution in [3.63, 3.8) is 0 Å². The van der Waals surface area contributed by atoms with Gasteiger partial charge < -0.3 is 9.64 Å². The van der Waals surface area contributed by atoms with Gasteiger partial charge in [-0.05, 0) is 50.0 Å². The number of carbonyl (C=O) groups is 1. The van der Waals surface area contributed by atoms with Gasteiger partial charge in [-0.3, -0.25) is 9.69 Å². The van der Waals surface area contributed by atoms with Gasteiger partial charge in [-0.25, -0.2) is 0 Å². The van der Waals surface area contributed by atoms with Crippen LogP contribution in [0.5, 0.6) is 5.75 Å². The van der Waals surface area contributed by atoms with Crippen molar-refractivity contribution in [1.82, 2.24) is 9.80 Å². The fraction of sp³-hybridized carbons (Fsp3) is 0.409. The first-order chi connectivity index (χ1) is 12.8. The zero-order valence-electron chi connectivity index (χ0n) is 15.5. The Hall–Kier alpha value is -2.33. The molecule has 1 saturated heterocycles. The number of benzene rings is 2. The summed E-state index contributed by atoms with van der Waals surface area (Å²) < 4.78 is 5.73. The topological polar surface area (TPSA) is 32.8 Å². The van der Waals surface area contributed by atoms with Gasteiger partial charge >= 0.3 is 0 Å². The molecule has 1 fully saturated rings. The first-order valence-electron chi connectivity index (χ1n) is 9.47. The van der Waals surface area contributed by atoms with Gasteiger partial charge in [-0.1, -0.05) is 48.5 Å². The summed E-state index contributed by atoms with van der Waals surface area (Å²) >= 11 is 0. The molecule has 0 N–H and O–H groups in total. The van der Waals surface area contributed by atoms with Gasteiger partial charge in [0.25, 0.3) is 0 Å². The molecule has 4 heteroatoms. The lowest BCUT2D eigenvalue weighted by Gasteiger charge is -2.30. The Morgan fingerprint density at radius 3 is 2.31 bits per heavy atom. The van der Waals surface area contributed by atoms with E-state index in [0.717, 1.165) is 30.8 Å². The number of likely N-dealkylation sites (tertiary alicyclic amines) is 1. The van der Waals surface area contributed by atoms with Crippen molar-refractivity contribution in [3.8, 4) is 5.75 Å². The first kappa shape index (κ1) is 18.5. The SMILES string of the molecule is CN(CCCOc1ccccc1)C(=O)C(c1ccccc1)N1CCCC1. The molecule has 1 unspecified atom stereocenters. The molecule has 1 aliphatic heterocycles. The minimum Gasteiger partial charge on any atom is -0.494 e. The maximum absolute atomic E-state index is 13.1. The fourth-order valence-electron chi connectivity index (χ4n) is 3.47. The summed E-state index contributed by atoms with van der Waals surface area (Å²) in [5, 5.41) is 0. The minimum atomic E-state index is -0.168. The Kier molecular flexibility index (Phi) is 6.67. The molecule has 1 aliphatic rings. The highest BCUT2D eigenvalue weighted by atomic mass is 16.5. The van der Waals surface area contributed by atoms with Crippen LogP contribution < -0.4 is 4.74 Å². The third-order valence-electron chi connectivity index (χ3n) is 4.88. The monoisotopic (exact) mass is 352 g/mol. The molecule has 0 spiro atoms. The second kappa shape index (κ2) is 9.39. The largest absolute Gasteiger partial charge is 0.494 e. The highest BCUT2D eigenvalue weighted by Crippen LogP contribution is 2.26. The number of hydrogen-bond acceptors (Lipinski definition) is 3. The van der Waals surface area contributed by atoms with E-state index in [2.05, 4.69) is 17.0 Å². The molecule has 0 bridgehead atoms. The molecule has 0 aromatic heterocycles. The quantitative estimate of drug-likeness (QED) is 0.678. The predicted octanol–water partition coefficient (Wildman–Crippen LogP) is 3.75. The van der Waals surface area contributed by atoms with E-state index in [1.165, 1.54) is 12.8 Å². The zero-order valence-corrected chi connectivity index (χ0v) is 15.5. The summed E-state index contributed by atoms with van der Waals surface area (Å²) in [6.07, 6.45) is 3.16. The molecule has 1 heterocycles. The average Bonchev–Trinajstić information content (AvgIpc) is 3.21. The lowest BCUT2D eigenvalue weighted by Crippen LogP contribution is -2.41. The lowest BCUT2D eigenvalue weighted by molar-refractivity contribution is -0.135. The molecular formula is C22H28N2O2. The van der Waals surface area contributed by atoms with Crippen LogP contribution in [0.1, 0.15) is 30.9 Å². The van der Waals surface area contributed by atoms with E-state index in [4.69, 9.17) is 4.74 Å². The number of carbonyl (C=O) groups excluding carboxylic acids is 1. The van der Waals surface area contributed by atoms with Gasteiger partial charge in [0.15, 0.2) is 0 Å². The van der Waals surface area contributed by atoms with E-state index >= 15 is 0 Å². The summed E-state index contributed by atoms with van der Waals surface area (Å²) in [6.45, 7) is 3.30. The molecule has 0 saturated carbocycles. The molecule has 4 nitrogen and oxygen atoms in total. The van der Waals surface area contributed by atoms with Gasteiger partial charge in [0.05, 0.1) is 6.61 Å². The van der Waals surface area contributed by atoms with E-state index < -0.39 is 0 Å². The summed E-state index contributed by atoms with van der Waals surface area (Å²) in [5.41, 5.74) is 1.09. The third-order valence-corrected chi connectivity index (χ3v) is 4.88. The third kappa shape index (κ3) is 4.85. The smallest absolute Gasteiger partial charge is 0.244 e. The highest BCUT2D eigenvalue weighted by molar-refractivity contribution is 5.83. The molecule has 2 aromatic carbocycles. The van der Waals surface area contributed by atoms with Crippen molar-refractivity contribution in [3.05, 3.63) is 66.2 Å². The van der Waals surface area contributed by atoms with Crippen molar-refractivity contribution < 1.29 is 9.53 Å². The van der Waals surface area contributed by atoms with Crippen LogP contribution in [0.25, 0.3) is 0 Å². The second-order valence-electron chi connectivity index (χ2n) is 6.83. The van der Waals surface area contributed by atoms with E-state index in [1.54, 1.807) is 0 Å². The van der Waals surface area contributed by atoms with Crippen LogP contribution >= 0.6 is 0 Å². The van der Waals surface area contributed by atoms with Crippen molar-refractivity contribution in [2.24, 2.45) is 0 Å². The van der Waals surface area contributed by atoms with E-state index in [1.807, 2.05) is 60.5 Å². The molecule has 1 atom stereocenters. The Labute approximate surface area is 156 Å². The fourth-order valence-corrected chi connectivity index (χ4v) is 3.47. The Balaban J connectivity index is 1.55. The maximum atomic E-state index is 13.1. The van der Waals surface area contributed by atoms with E-state index in [0.29, 0.717) is 13.2 Å². The van der Waals surface area contributed by atoms with Crippen molar-refractivity contribution >= 4 is 5.91 Å². The molecular weight excluding hydrogens is 324 g/mol. The van der Waals surface area contributed by atoms with Crippen LogP contribution in [-0.2, 0) is 4.79 Å². The normalized spacial score (nSPS) is 15.6. The van der Waals surface area contributed by atoms with Gasteiger partial charge in [0.2, 0.25) is 5.91 Å². The van der Waals surface area contributed by atoms with Crippen molar-refractivity contribution in [2.75, 3.05) is 33.3 Å². The molecule has 0 aliphatic carbocycles. The van der Waals surface area contributed by atoms with Crippen LogP contribution in [0.3, 0.4) is 0 Å². The summed E-state index contributed by atoms with van der Waals surface area (Å²) in [7, 11) is 1.90. The zero-order chi connectivity index (χ0) is 18.2. The molecule has 26 heavy (non-hydrogen) atoms. The van der Waals surface area contributed by atoms with Crippen LogP contribution in [0.2, 0.25) is 0 Å². The predicted molar refractivity (Wildman–Crippen MR) is 104 cm³/mol. The van der Waals surface area contributed by atoms with Crippen LogP contribution in [0, 0.1) is 0 Å². The highest BCUT2D eigenvalue weighted by Gasteiger charge is 2.31. The van der Waals surface area contributed by atoms with E-state index in [9.17, 15) is 4.79 Å². The summed E-state index contributed by atoms with van der Waals surface area (Å²) in [5.74, 6) is 1.05. The van der Waals surface area contributed by atoms with Crippen LogP contribution in [0.4, 0.5) is 0 Å². The minimum absolute atomic E-state index is 0.168. The Morgan fingerprint density at radius 2 is 1.65 bits per heavy atom. The number of likely N-dealkylation sites (N-methyl/N-ethyl adjacent to an activating group) is 1. The average molecular weight is 352 g/mol. The van der Waals surface area contributed by atoms with Crippen molar-refractivity contribution in [2.45, 2.75) is 25.3 Å². The molecule has 138 valence electrons. The van der Waals surface area contributed by atoms with Gasteiger partial charge in [0.1, 0.15) is 11.8 Å². The number of hydrogen-bond donors (Lipinski definition) is 0. The Morgan fingerprint density at radius 1 is 1.04 bits per heavy atom. The summed E-state index contributed by atoms with van der Waals surface area (Å²) in [6, 6.07) is 19.8. The maximum Gasteiger partial charge on any atom is 0.244 e. The first-order valence-corrected chi connectivity index (χ1v) is 9.47. The molecule has 1 amide bonds. The number of nitrogens with zero attached hydrogens (tertiary/aromatic N) is 2. The van der Waals surface area contributed by atoms with Crippen LogP contribution in [-0.4, -0.2) is 49.0 Å². The molecule has 2 aromatic rings. The van der Waals surface area contributed by atoms with Gasteiger partial charge in [-0.15, -0.1) is 0 Å². The number of amides is 1. The lowest BCUT2D eigenvalue weighted by atomic mass is 10.0. The number of rotatable bonds is 8. The number of para-hydroxylation sites is 1. The second-order valence-corrected chi connectivity index (χ2v) is 6.83. The van der Waals surface area contributed by atoms with Gasteiger partial charge in [0, 0.05) is 13.6 Å². The number of ether oxygens (including phenoxy) is 1. The molecule has 0 radical (unpaired) electrons. The van der Waals surface area contributed by atoms with E-state index in [-0.39, 0.29) is 11.9 Å². The Bertz CT molecular complexity index is 669.